The van der Waals surface area contributed by atoms with Gasteiger partial charge in [-0.15, -0.1) is 0 Å². The number of thioether (sulfide) groups is 1. The van der Waals surface area contributed by atoms with Gasteiger partial charge in [-0.1, -0.05) is 0 Å². The van der Waals surface area contributed by atoms with Crippen molar-refractivity contribution in [3.63, 3.8) is 0 Å². The van der Waals surface area contributed by atoms with Crippen LogP contribution in [0.3, 0.4) is 0 Å². The summed E-state index contributed by atoms with van der Waals surface area (Å²) in [7, 11) is 0. The molecule has 1 saturated carbocycles. The highest BCUT2D eigenvalue weighted by atomic mass is 32.2. The van der Waals surface area contributed by atoms with E-state index in [2.05, 4.69) is 5.32 Å². The molecule has 1 aliphatic carbocycles. The van der Waals surface area contributed by atoms with E-state index in [0.29, 0.717) is 12.5 Å². The molecule has 2 aliphatic rings. The second kappa shape index (κ2) is 3.73. The highest BCUT2D eigenvalue weighted by molar-refractivity contribution is 8.00. The van der Waals surface area contributed by atoms with Crippen molar-refractivity contribution < 1.29 is 8.78 Å². The lowest BCUT2D eigenvalue weighted by atomic mass is 10.1. The van der Waals surface area contributed by atoms with Crippen molar-refractivity contribution in [3.05, 3.63) is 0 Å². The van der Waals surface area contributed by atoms with Crippen LogP contribution in [0.2, 0.25) is 0 Å². The topological polar surface area (TPSA) is 12.0 Å². The van der Waals surface area contributed by atoms with Gasteiger partial charge in [-0.25, -0.2) is 8.78 Å². The van der Waals surface area contributed by atoms with Gasteiger partial charge in [0.1, 0.15) is 0 Å². The normalized spacial score (nSPS) is 33.2. The minimum atomic E-state index is -2.37. The van der Waals surface area contributed by atoms with Gasteiger partial charge in [-0.05, 0) is 18.9 Å². The molecule has 0 spiro atoms. The number of hydrogen-bond donors (Lipinski definition) is 1. The van der Waals surface area contributed by atoms with E-state index < -0.39 is 5.92 Å². The lowest BCUT2D eigenvalue weighted by molar-refractivity contribution is 0.00502. The smallest absolute Gasteiger partial charge is 0.248 e. The van der Waals surface area contributed by atoms with E-state index in [1.807, 2.05) is 11.8 Å². The van der Waals surface area contributed by atoms with E-state index in [0.717, 1.165) is 18.1 Å². The van der Waals surface area contributed by atoms with Gasteiger partial charge in [-0.2, -0.15) is 11.8 Å². The Morgan fingerprint density at radius 3 is 2.62 bits per heavy atom. The SMILES string of the molecule is FC1(F)CCC(CNC2CSC2)C1. The second-order valence-electron chi connectivity index (χ2n) is 4.11. The first kappa shape index (κ1) is 9.71. The number of hydrogen-bond acceptors (Lipinski definition) is 2. The van der Waals surface area contributed by atoms with E-state index in [1.54, 1.807) is 0 Å². The summed E-state index contributed by atoms with van der Waals surface area (Å²) >= 11 is 1.92. The van der Waals surface area contributed by atoms with E-state index in [9.17, 15) is 8.78 Å². The molecule has 76 valence electrons. The number of rotatable bonds is 3. The van der Waals surface area contributed by atoms with Crippen LogP contribution in [-0.4, -0.2) is 30.0 Å². The zero-order chi connectivity index (χ0) is 9.31. The molecule has 13 heavy (non-hydrogen) atoms. The van der Waals surface area contributed by atoms with Crippen molar-refractivity contribution in [1.29, 1.82) is 0 Å². The first-order chi connectivity index (χ1) is 6.16. The predicted octanol–water partition coefficient (Wildman–Crippen LogP) is 2.13. The fourth-order valence-electron chi connectivity index (χ4n) is 1.90. The Bertz CT molecular complexity index is 182. The molecule has 0 aromatic heterocycles. The third kappa shape index (κ3) is 2.56. The molecule has 0 amide bonds. The Balaban J connectivity index is 1.65. The van der Waals surface area contributed by atoms with Gasteiger partial charge in [0.2, 0.25) is 5.92 Å². The van der Waals surface area contributed by atoms with Crippen LogP contribution < -0.4 is 5.32 Å². The highest BCUT2D eigenvalue weighted by Gasteiger charge is 2.39. The maximum Gasteiger partial charge on any atom is 0.248 e. The fourth-order valence-corrected chi connectivity index (χ4v) is 2.61. The van der Waals surface area contributed by atoms with Gasteiger partial charge in [0.15, 0.2) is 0 Å². The van der Waals surface area contributed by atoms with E-state index >= 15 is 0 Å². The average molecular weight is 207 g/mol. The molecule has 2 fully saturated rings. The average Bonchev–Trinajstić information content (AvgIpc) is 2.27. The van der Waals surface area contributed by atoms with E-state index in [-0.39, 0.29) is 18.8 Å². The molecule has 1 nitrogen and oxygen atoms in total. The standard InChI is InChI=1S/C9H15F2NS/c10-9(11)2-1-7(3-9)4-12-8-5-13-6-8/h7-8,12H,1-6H2. The van der Waals surface area contributed by atoms with Crippen LogP contribution >= 0.6 is 11.8 Å². The second-order valence-corrected chi connectivity index (χ2v) is 5.18. The lowest BCUT2D eigenvalue weighted by Gasteiger charge is -2.27. The molecule has 1 aliphatic heterocycles. The Morgan fingerprint density at radius 1 is 1.38 bits per heavy atom. The van der Waals surface area contributed by atoms with Crippen molar-refractivity contribution in [1.82, 2.24) is 5.32 Å². The molecule has 1 saturated heterocycles. The maximum absolute atomic E-state index is 12.8. The van der Waals surface area contributed by atoms with Crippen LogP contribution in [0.15, 0.2) is 0 Å². The summed E-state index contributed by atoms with van der Waals surface area (Å²) in [6, 6.07) is 0.597. The van der Waals surface area contributed by atoms with Gasteiger partial charge in [-0.3, -0.25) is 0 Å². The molecular weight excluding hydrogens is 192 g/mol. The Labute approximate surface area is 81.7 Å². The van der Waals surface area contributed by atoms with E-state index in [4.69, 9.17) is 0 Å². The molecule has 1 atom stereocenters. The number of halogens is 2. The molecule has 0 bridgehead atoms. The van der Waals surface area contributed by atoms with Crippen molar-refractivity contribution in [3.8, 4) is 0 Å². The van der Waals surface area contributed by atoms with Crippen LogP contribution in [0.1, 0.15) is 19.3 Å². The molecule has 4 heteroatoms. The van der Waals surface area contributed by atoms with Crippen molar-refractivity contribution >= 4 is 11.8 Å². The monoisotopic (exact) mass is 207 g/mol. The molecule has 0 aromatic carbocycles. The molecule has 1 heterocycles. The Kier molecular flexibility index (Phi) is 2.79. The van der Waals surface area contributed by atoms with Gasteiger partial charge >= 0.3 is 0 Å². The minimum absolute atomic E-state index is 0.0960. The first-order valence-corrected chi connectivity index (χ1v) is 6.00. The molecule has 1 N–H and O–H groups in total. The van der Waals surface area contributed by atoms with Crippen LogP contribution in [0.25, 0.3) is 0 Å². The summed E-state index contributed by atoms with van der Waals surface area (Å²) in [4.78, 5) is 0. The Hall–Kier alpha value is 0.170. The first-order valence-electron chi connectivity index (χ1n) is 4.85. The number of nitrogens with one attached hydrogen (secondary N) is 1. The van der Waals surface area contributed by atoms with Crippen LogP contribution in [0, 0.1) is 5.92 Å². The van der Waals surface area contributed by atoms with E-state index in [1.165, 1.54) is 0 Å². The Morgan fingerprint density at radius 2 is 2.15 bits per heavy atom. The van der Waals surface area contributed by atoms with Crippen molar-refractivity contribution in [2.24, 2.45) is 5.92 Å². The highest BCUT2D eigenvalue weighted by Crippen LogP contribution is 2.38. The van der Waals surface area contributed by atoms with Gasteiger partial charge < -0.3 is 5.32 Å². The summed E-state index contributed by atoms with van der Waals surface area (Å²) in [5.74, 6) is 0.146. The fraction of sp³-hybridized carbons (Fsp3) is 1.00. The molecule has 2 rings (SSSR count). The van der Waals surface area contributed by atoms with Crippen LogP contribution in [-0.2, 0) is 0 Å². The van der Waals surface area contributed by atoms with Crippen molar-refractivity contribution in [2.45, 2.75) is 31.2 Å². The summed E-state index contributed by atoms with van der Waals surface area (Å²) in [5, 5.41) is 3.34. The van der Waals surface area contributed by atoms with Crippen LogP contribution in [0.4, 0.5) is 8.78 Å². The maximum atomic E-state index is 12.8. The summed E-state index contributed by atoms with van der Waals surface area (Å²) < 4.78 is 25.6. The third-order valence-electron chi connectivity index (χ3n) is 2.84. The van der Waals surface area contributed by atoms with Gasteiger partial charge in [0.25, 0.3) is 0 Å². The molecule has 1 unspecified atom stereocenters. The quantitative estimate of drug-likeness (QED) is 0.761. The number of alkyl halides is 2. The lowest BCUT2D eigenvalue weighted by Crippen LogP contribution is -2.42. The van der Waals surface area contributed by atoms with Crippen molar-refractivity contribution in [2.75, 3.05) is 18.1 Å². The molecular formula is C9H15F2NS. The molecule has 0 aromatic rings. The van der Waals surface area contributed by atoms with Crippen LogP contribution in [0.5, 0.6) is 0 Å². The third-order valence-corrected chi connectivity index (χ3v) is 4.12. The zero-order valence-electron chi connectivity index (χ0n) is 7.56. The summed E-state index contributed by atoms with van der Waals surface area (Å²) in [6.07, 6.45) is 0.887. The van der Waals surface area contributed by atoms with Gasteiger partial charge in [0, 0.05) is 30.4 Å². The molecule has 0 radical (unpaired) electrons. The zero-order valence-corrected chi connectivity index (χ0v) is 8.38. The minimum Gasteiger partial charge on any atom is -0.312 e. The largest absolute Gasteiger partial charge is 0.312 e. The predicted molar refractivity (Wildman–Crippen MR) is 51.4 cm³/mol. The van der Waals surface area contributed by atoms with Gasteiger partial charge in [0.05, 0.1) is 0 Å². The summed E-state index contributed by atoms with van der Waals surface area (Å²) in [5.41, 5.74) is 0. The summed E-state index contributed by atoms with van der Waals surface area (Å²) in [6.45, 7) is 0.792.